The van der Waals surface area contributed by atoms with Crippen LogP contribution in [0.3, 0.4) is 0 Å². The van der Waals surface area contributed by atoms with Crippen LogP contribution in [0, 0.1) is 13.8 Å². The number of furan rings is 1. The number of hydrogen-bond donors (Lipinski definition) is 0. The molecule has 52 heavy (non-hydrogen) atoms. The molecule has 0 fully saturated rings. The SMILES string of the molecule is Cc1cccc2oc3ccc(N(c4ccccc4)c4ccc5c(c4)[C@]4(CCc6ccc(N(c7ccccc7)c7ccccc7)cc64)CC5)c(C)c3c12. The molecule has 8 aromatic rings. The van der Waals surface area contributed by atoms with Gasteiger partial charge in [0.2, 0.25) is 0 Å². The fourth-order valence-electron chi connectivity index (χ4n) is 9.32. The van der Waals surface area contributed by atoms with E-state index in [-0.39, 0.29) is 5.41 Å². The van der Waals surface area contributed by atoms with E-state index in [0.29, 0.717) is 0 Å². The van der Waals surface area contributed by atoms with Gasteiger partial charge in [-0.1, -0.05) is 78.9 Å². The molecule has 0 aliphatic heterocycles. The molecule has 3 heteroatoms. The van der Waals surface area contributed by atoms with Gasteiger partial charge in [0, 0.05) is 50.3 Å². The summed E-state index contributed by atoms with van der Waals surface area (Å²) >= 11 is 0. The number of hydrogen-bond acceptors (Lipinski definition) is 3. The van der Waals surface area contributed by atoms with Gasteiger partial charge in [-0.3, -0.25) is 0 Å². The van der Waals surface area contributed by atoms with Crippen LogP contribution in [0.2, 0.25) is 0 Å². The molecule has 0 unspecified atom stereocenters. The lowest BCUT2D eigenvalue weighted by atomic mass is 9.76. The maximum absolute atomic E-state index is 6.38. The van der Waals surface area contributed by atoms with Crippen LogP contribution in [0.15, 0.2) is 162 Å². The molecule has 1 heterocycles. The highest BCUT2D eigenvalue weighted by atomic mass is 16.3. The van der Waals surface area contributed by atoms with E-state index in [9.17, 15) is 0 Å². The first-order valence-corrected chi connectivity index (χ1v) is 18.5. The lowest BCUT2D eigenvalue weighted by Gasteiger charge is -2.32. The first kappa shape index (κ1) is 30.7. The summed E-state index contributed by atoms with van der Waals surface area (Å²) in [5.74, 6) is 0. The molecule has 1 spiro atoms. The number of rotatable bonds is 6. The number of aryl methyl sites for hydroxylation is 4. The summed E-state index contributed by atoms with van der Waals surface area (Å²) in [6.45, 7) is 4.44. The van der Waals surface area contributed by atoms with Gasteiger partial charge in [0.25, 0.3) is 0 Å². The van der Waals surface area contributed by atoms with E-state index in [1.54, 1.807) is 0 Å². The normalized spacial score (nSPS) is 16.0. The van der Waals surface area contributed by atoms with E-state index in [4.69, 9.17) is 4.42 Å². The molecule has 0 saturated heterocycles. The van der Waals surface area contributed by atoms with Gasteiger partial charge in [-0.25, -0.2) is 0 Å². The molecule has 0 N–H and O–H groups in total. The third kappa shape index (κ3) is 4.73. The van der Waals surface area contributed by atoms with Gasteiger partial charge in [0.1, 0.15) is 11.2 Å². The van der Waals surface area contributed by atoms with Crippen LogP contribution >= 0.6 is 0 Å². The molecular formula is C49H40N2O. The van der Waals surface area contributed by atoms with Crippen molar-refractivity contribution < 1.29 is 4.42 Å². The molecule has 7 aromatic carbocycles. The standard InChI is InChI=1S/C49H40N2O/c1-33-13-12-20-45-47(33)48-34(2)44(25-26-46(48)52-45)51(39-18-10-5-11-19-39)41-24-22-36-28-30-49(43(36)32-41)29-27-35-21-23-40(31-42(35)49)50(37-14-6-3-7-15-37)38-16-8-4-9-17-38/h3-26,31-32H,27-30H2,1-2H3/t49-/m1/s1. The molecule has 252 valence electrons. The van der Waals surface area contributed by atoms with Crippen molar-refractivity contribution in [3.63, 3.8) is 0 Å². The van der Waals surface area contributed by atoms with Gasteiger partial charge in [0.05, 0.1) is 0 Å². The van der Waals surface area contributed by atoms with E-state index >= 15 is 0 Å². The Bertz CT molecular complexity index is 2560. The second-order valence-corrected chi connectivity index (χ2v) is 14.6. The predicted molar refractivity (Wildman–Crippen MR) is 216 cm³/mol. The summed E-state index contributed by atoms with van der Waals surface area (Å²) in [7, 11) is 0. The Morgan fingerprint density at radius 3 is 1.56 bits per heavy atom. The van der Waals surface area contributed by atoms with E-state index < -0.39 is 0 Å². The summed E-state index contributed by atoms with van der Waals surface area (Å²) in [5.41, 5.74) is 17.3. The quantitative estimate of drug-likeness (QED) is 0.175. The van der Waals surface area contributed by atoms with Crippen molar-refractivity contribution in [2.24, 2.45) is 0 Å². The van der Waals surface area contributed by atoms with Gasteiger partial charge in [-0.15, -0.1) is 0 Å². The first-order valence-electron chi connectivity index (χ1n) is 18.5. The van der Waals surface area contributed by atoms with Crippen LogP contribution in [0.4, 0.5) is 34.1 Å². The molecule has 2 aliphatic rings. The third-order valence-corrected chi connectivity index (χ3v) is 11.8. The molecule has 0 radical (unpaired) electrons. The van der Waals surface area contributed by atoms with Gasteiger partial charge in [-0.05, 0) is 152 Å². The topological polar surface area (TPSA) is 19.6 Å². The van der Waals surface area contributed by atoms with Crippen LogP contribution in [-0.4, -0.2) is 0 Å². The number of para-hydroxylation sites is 3. The molecule has 1 aromatic heterocycles. The minimum atomic E-state index is -0.0189. The van der Waals surface area contributed by atoms with Gasteiger partial charge >= 0.3 is 0 Å². The Morgan fingerprint density at radius 1 is 0.462 bits per heavy atom. The molecule has 2 aliphatic carbocycles. The highest BCUT2D eigenvalue weighted by Crippen LogP contribution is 2.55. The third-order valence-electron chi connectivity index (χ3n) is 11.8. The van der Waals surface area contributed by atoms with E-state index in [2.05, 4.69) is 181 Å². The maximum Gasteiger partial charge on any atom is 0.135 e. The number of fused-ring (bicyclic) bond motifs is 7. The Balaban J connectivity index is 1.13. The van der Waals surface area contributed by atoms with Crippen molar-refractivity contribution in [3.05, 3.63) is 191 Å². The molecule has 3 nitrogen and oxygen atoms in total. The summed E-state index contributed by atoms with van der Waals surface area (Å²) in [6.07, 6.45) is 4.46. The van der Waals surface area contributed by atoms with Crippen molar-refractivity contribution in [1.82, 2.24) is 0 Å². The van der Waals surface area contributed by atoms with Crippen molar-refractivity contribution in [2.45, 2.75) is 44.9 Å². The molecule has 0 bridgehead atoms. The summed E-state index contributed by atoms with van der Waals surface area (Å²) in [5, 5.41) is 2.40. The van der Waals surface area contributed by atoms with Gasteiger partial charge in [-0.2, -0.15) is 0 Å². The van der Waals surface area contributed by atoms with Crippen LogP contribution in [0.25, 0.3) is 21.9 Å². The molecular weight excluding hydrogens is 633 g/mol. The average Bonchev–Trinajstić information content (AvgIpc) is 3.88. The fourth-order valence-corrected chi connectivity index (χ4v) is 9.32. The minimum Gasteiger partial charge on any atom is -0.456 e. The zero-order valence-electron chi connectivity index (χ0n) is 29.6. The van der Waals surface area contributed by atoms with Gasteiger partial charge in [0.15, 0.2) is 0 Å². The van der Waals surface area contributed by atoms with Crippen LogP contribution < -0.4 is 9.80 Å². The lowest BCUT2D eigenvalue weighted by Crippen LogP contribution is -2.22. The second kappa shape index (κ2) is 12.0. The fraction of sp³-hybridized carbons (Fsp3) is 0.143. The Morgan fingerprint density at radius 2 is 0.981 bits per heavy atom. The van der Waals surface area contributed by atoms with E-state index in [1.165, 1.54) is 72.6 Å². The van der Waals surface area contributed by atoms with E-state index in [1.807, 2.05) is 0 Å². The lowest BCUT2D eigenvalue weighted by molar-refractivity contribution is 0.507. The molecule has 1 atom stereocenters. The monoisotopic (exact) mass is 672 g/mol. The number of nitrogens with zero attached hydrogens (tertiary/aromatic N) is 2. The average molecular weight is 673 g/mol. The van der Waals surface area contributed by atoms with Crippen molar-refractivity contribution in [3.8, 4) is 0 Å². The highest BCUT2D eigenvalue weighted by Gasteiger charge is 2.45. The Hall–Kier alpha value is -6.06. The molecule has 10 rings (SSSR count). The zero-order chi connectivity index (χ0) is 34.8. The van der Waals surface area contributed by atoms with Crippen molar-refractivity contribution in [1.29, 1.82) is 0 Å². The number of benzene rings is 7. The molecule has 0 saturated carbocycles. The Labute approximate surface area is 305 Å². The molecule has 0 amide bonds. The highest BCUT2D eigenvalue weighted by molar-refractivity contribution is 6.10. The summed E-state index contributed by atoms with van der Waals surface area (Å²) in [6, 6.07) is 57.6. The minimum absolute atomic E-state index is 0.0189. The van der Waals surface area contributed by atoms with Crippen LogP contribution in [0.1, 0.15) is 46.2 Å². The smallest absolute Gasteiger partial charge is 0.135 e. The zero-order valence-corrected chi connectivity index (χ0v) is 29.6. The van der Waals surface area contributed by atoms with Crippen molar-refractivity contribution in [2.75, 3.05) is 9.80 Å². The summed E-state index contributed by atoms with van der Waals surface area (Å²) < 4.78 is 6.38. The largest absolute Gasteiger partial charge is 0.456 e. The Kier molecular flexibility index (Phi) is 7.11. The van der Waals surface area contributed by atoms with Gasteiger partial charge < -0.3 is 14.2 Å². The van der Waals surface area contributed by atoms with Crippen molar-refractivity contribution >= 4 is 56.1 Å². The maximum atomic E-state index is 6.38. The van der Waals surface area contributed by atoms with Crippen LogP contribution in [-0.2, 0) is 18.3 Å². The van der Waals surface area contributed by atoms with E-state index in [0.717, 1.165) is 42.5 Å². The predicted octanol–water partition coefficient (Wildman–Crippen LogP) is 13.3. The second-order valence-electron chi connectivity index (χ2n) is 14.6. The van der Waals surface area contributed by atoms with Crippen LogP contribution in [0.5, 0.6) is 0 Å². The summed E-state index contributed by atoms with van der Waals surface area (Å²) in [4.78, 5) is 4.85. The first-order chi connectivity index (χ1) is 25.6. The number of anilines is 6.